The molecular formula is C35H49N3O4S. The van der Waals surface area contributed by atoms with Crippen molar-refractivity contribution in [3.63, 3.8) is 0 Å². The summed E-state index contributed by atoms with van der Waals surface area (Å²) in [4.78, 5) is 48.8. The van der Waals surface area contributed by atoms with E-state index < -0.39 is 11.6 Å². The third-order valence-corrected chi connectivity index (χ3v) is 10.6. The molecule has 2 saturated carbocycles. The predicted octanol–water partition coefficient (Wildman–Crippen LogP) is 6.86. The van der Waals surface area contributed by atoms with E-state index in [0.717, 1.165) is 88.0 Å². The number of amides is 2. The van der Waals surface area contributed by atoms with Crippen molar-refractivity contribution in [1.82, 2.24) is 9.80 Å². The van der Waals surface area contributed by atoms with Crippen LogP contribution in [0.4, 0.5) is 5.00 Å². The zero-order valence-electron chi connectivity index (χ0n) is 26.6. The van der Waals surface area contributed by atoms with E-state index in [-0.39, 0.29) is 29.7 Å². The number of rotatable bonds is 6. The SMILES string of the molecule is CC1CCC(C(=O)N(c2sc(-c3ccccc3)cc2C(=O)OC(C)(C)C)C2CCC(C(=O)N3CCN(C)CC3)CC2)CC1. The van der Waals surface area contributed by atoms with Crippen LogP contribution in [0.5, 0.6) is 0 Å². The first kappa shape index (κ1) is 31.7. The Kier molecular flexibility index (Phi) is 9.96. The van der Waals surface area contributed by atoms with Gasteiger partial charge in [-0.1, -0.05) is 37.3 Å². The number of piperazine rings is 1. The average molecular weight is 608 g/mol. The molecule has 2 amide bonds. The van der Waals surface area contributed by atoms with Gasteiger partial charge in [-0.15, -0.1) is 11.3 Å². The summed E-state index contributed by atoms with van der Waals surface area (Å²) in [7, 11) is 2.10. The monoisotopic (exact) mass is 607 g/mol. The van der Waals surface area contributed by atoms with E-state index in [4.69, 9.17) is 4.74 Å². The van der Waals surface area contributed by atoms with Gasteiger partial charge in [0.15, 0.2) is 0 Å². The zero-order chi connectivity index (χ0) is 30.7. The van der Waals surface area contributed by atoms with Gasteiger partial charge in [0.05, 0.1) is 5.56 Å². The maximum Gasteiger partial charge on any atom is 0.341 e. The van der Waals surface area contributed by atoms with Crippen LogP contribution in [-0.2, 0) is 14.3 Å². The number of esters is 1. The van der Waals surface area contributed by atoms with Gasteiger partial charge >= 0.3 is 5.97 Å². The van der Waals surface area contributed by atoms with Gasteiger partial charge in [-0.3, -0.25) is 14.5 Å². The van der Waals surface area contributed by atoms with Crippen molar-refractivity contribution in [3.05, 3.63) is 42.0 Å². The summed E-state index contributed by atoms with van der Waals surface area (Å²) in [5.74, 6) is 0.595. The lowest BCUT2D eigenvalue weighted by Crippen LogP contribution is -2.51. The van der Waals surface area contributed by atoms with Crippen molar-refractivity contribution >= 4 is 34.1 Å². The molecule has 5 rings (SSSR count). The lowest BCUT2D eigenvalue weighted by molar-refractivity contribution is -0.138. The summed E-state index contributed by atoms with van der Waals surface area (Å²) >= 11 is 1.52. The molecule has 1 saturated heterocycles. The van der Waals surface area contributed by atoms with Crippen LogP contribution in [0.2, 0.25) is 0 Å². The standard InChI is InChI=1S/C35H49N3O4S/c1-24-11-13-27(14-12-24)32(40)38(28-17-15-26(16-18-28)31(39)37-21-19-36(5)20-22-37)33-29(34(41)42-35(2,3)4)23-30(43-33)25-9-7-6-8-10-25/h6-10,23-24,26-28H,11-22H2,1-5H3. The molecule has 3 aliphatic rings. The third-order valence-electron chi connectivity index (χ3n) is 9.44. The van der Waals surface area contributed by atoms with E-state index in [0.29, 0.717) is 16.5 Å². The van der Waals surface area contributed by atoms with Gasteiger partial charge in [0.1, 0.15) is 10.6 Å². The molecule has 8 heteroatoms. The molecule has 2 aliphatic carbocycles. The number of carbonyl (C=O) groups excluding carboxylic acids is 3. The summed E-state index contributed by atoms with van der Waals surface area (Å²) in [6, 6.07) is 11.9. The molecule has 0 unspecified atom stereocenters. The van der Waals surface area contributed by atoms with Crippen molar-refractivity contribution in [1.29, 1.82) is 0 Å². The van der Waals surface area contributed by atoms with Crippen LogP contribution >= 0.6 is 11.3 Å². The predicted molar refractivity (Wildman–Crippen MR) is 173 cm³/mol. The molecule has 0 atom stereocenters. The van der Waals surface area contributed by atoms with Crippen LogP contribution in [-0.4, -0.2) is 72.5 Å². The minimum atomic E-state index is -0.654. The van der Waals surface area contributed by atoms with Gasteiger partial charge in [-0.25, -0.2) is 4.79 Å². The summed E-state index contributed by atoms with van der Waals surface area (Å²) < 4.78 is 5.89. The molecule has 3 fully saturated rings. The Labute approximate surface area is 261 Å². The number of nitrogens with zero attached hydrogens (tertiary/aromatic N) is 3. The van der Waals surface area contributed by atoms with Crippen LogP contribution < -0.4 is 4.90 Å². The summed E-state index contributed by atoms with van der Waals surface area (Å²) in [6.45, 7) is 11.3. The molecule has 0 radical (unpaired) electrons. The number of likely N-dealkylation sites (N-methyl/N-ethyl adjacent to an activating group) is 1. The summed E-state index contributed by atoms with van der Waals surface area (Å²) in [5, 5.41) is 0.700. The molecule has 2 aromatic rings. The Morgan fingerprint density at radius 2 is 1.47 bits per heavy atom. The van der Waals surface area contributed by atoms with Gasteiger partial charge in [0.2, 0.25) is 11.8 Å². The zero-order valence-corrected chi connectivity index (χ0v) is 27.5. The number of anilines is 1. The van der Waals surface area contributed by atoms with Crippen LogP contribution in [0.15, 0.2) is 36.4 Å². The topological polar surface area (TPSA) is 70.2 Å². The fourth-order valence-corrected chi connectivity index (χ4v) is 8.03. The number of ether oxygens (including phenoxy) is 1. The molecule has 7 nitrogen and oxygen atoms in total. The Hall–Kier alpha value is -2.71. The quantitative estimate of drug-likeness (QED) is 0.336. The smallest absolute Gasteiger partial charge is 0.341 e. The van der Waals surface area contributed by atoms with Gasteiger partial charge in [0.25, 0.3) is 0 Å². The van der Waals surface area contributed by atoms with Crippen LogP contribution in [0.1, 0.15) is 89.4 Å². The highest BCUT2D eigenvalue weighted by Crippen LogP contribution is 2.44. The lowest BCUT2D eigenvalue weighted by atomic mass is 9.80. The lowest BCUT2D eigenvalue weighted by Gasteiger charge is -2.40. The number of hydrogen-bond acceptors (Lipinski definition) is 6. The Bertz CT molecular complexity index is 1260. The Morgan fingerprint density at radius 1 is 0.860 bits per heavy atom. The molecule has 0 spiro atoms. The molecule has 234 valence electrons. The minimum Gasteiger partial charge on any atom is -0.456 e. The Morgan fingerprint density at radius 3 is 2.07 bits per heavy atom. The van der Waals surface area contributed by atoms with E-state index in [1.807, 2.05) is 67.0 Å². The van der Waals surface area contributed by atoms with Crippen LogP contribution in [0.25, 0.3) is 10.4 Å². The largest absolute Gasteiger partial charge is 0.456 e. The van der Waals surface area contributed by atoms with Gasteiger partial charge < -0.3 is 14.5 Å². The highest BCUT2D eigenvalue weighted by molar-refractivity contribution is 7.20. The average Bonchev–Trinajstić information content (AvgIpc) is 3.43. The summed E-state index contributed by atoms with van der Waals surface area (Å²) in [6.07, 6.45) is 6.90. The molecular weight excluding hydrogens is 558 g/mol. The summed E-state index contributed by atoms with van der Waals surface area (Å²) in [5.41, 5.74) is 0.829. The second-order valence-corrected chi connectivity index (χ2v) is 15.0. The third kappa shape index (κ3) is 7.69. The van der Waals surface area contributed by atoms with E-state index in [1.54, 1.807) is 0 Å². The highest BCUT2D eigenvalue weighted by atomic mass is 32.1. The second-order valence-electron chi connectivity index (χ2n) is 14.0. The Balaban J connectivity index is 1.45. The number of benzene rings is 1. The van der Waals surface area contributed by atoms with E-state index in [9.17, 15) is 14.4 Å². The molecule has 43 heavy (non-hydrogen) atoms. The fourth-order valence-electron chi connectivity index (χ4n) is 6.80. The van der Waals surface area contributed by atoms with Crippen molar-refractivity contribution < 1.29 is 19.1 Å². The molecule has 0 N–H and O–H groups in total. The molecule has 1 aromatic heterocycles. The number of hydrogen-bond donors (Lipinski definition) is 0. The molecule has 1 aromatic carbocycles. The van der Waals surface area contributed by atoms with Gasteiger partial charge in [-0.2, -0.15) is 0 Å². The van der Waals surface area contributed by atoms with Crippen molar-refractivity contribution in [2.75, 3.05) is 38.1 Å². The van der Waals surface area contributed by atoms with Crippen molar-refractivity contribution in [2.45, 2.75) is 90.7 Å². The number of carbonyl (C=O) groups is 3. The maximum atomic E-state index is 14.5. The number of thiophene rings is 1. The van der Waals surface area contributed by atoms with Gasteiger partial charge in [-0.05, 0) is 96.7 Å². The first-order valence-corrected chi connectivity index (χ1v) is 17.0. The van der Waals surface area contributed by atoms with E-state index in [2.05, 4.69) is 18.9 Å². The molecule has 1 aliphatic heterocycles. The molecule has 0 bridgehead atoms. The molecule has 2 heterocycles. The van der Waals surface area contributed by atoms with Crippen molar-refractivity contribution in [2.24, 2.45) is 17.8 Å². The van der Waals surface area contributed by atoms with Gasteiger partial charge in [0, 0.05) is 48.9 Å². The minimum absolute atomic E-state index is 0.000630. The fraction of sp³-hybridized carbons (Fsp3) is 0.629. The first-order valence-electron chi connectivity index (χ1n) is 16.2. The van der Waals surface area contributed by atoms with Crippen LogP contribution in [0.3, 0.4) is 0 Å². The van der Waals surface area contributed by atoms with Crippen LogP contribution in [0, 0.1) is 17.8 Å². The second kappa shape index (κ2) is 13.5. The normalized spacial score (nSPS) is 25.3. The maximum absolute atomic E-state index is 14.5. The van der Waals surface area contributed by atoms with E-state index >= 15 is 0 Å². The van der Waals surface area contributed by atoms with E-state index in [1.165, 1.54) is 11.3 Å². The van der Waals surface area contributed by atoms with Crippen molar-refractivity contribution in [3.8, 4) is 10.4 Å². The first-order chi connectivity index (χ1) is 20.5. The highest BCUT2D eigenvalue weighted by Gasteiger charge is 2.40.